The lowest BCUT2D eigenvalue weighted by atomic mass is 10.2. The summed E-state index contributed by atoms with van der Waals surface area (Å²) >= 11 is 0. The number of carbonyl (C=O) groups excluding carboxylic acids is 1. The van der Waals surface area contributed by atoms with Gasteiger partial charge in [0.05, 0.1) is 19.4 Å². The normalized spacial score (nSPS) is 16.4. The van der Waals surface area contributed by atoms with Crippen molar-refractivity contribution in [1.29, 1.82) is 0 Å². The third-order valence-electron chi connectivity index (χ3n) is 5.34. The van der Waals surface area contributed by atoms with Crippen molar-refractivity contribution in [1.82, 2.24) is 19.4 Å². The molecule has 0 bridgehead atoms. The summed E-state index contributed by atoms with van der Waals surface area (Å²) in [6.45, 7) is 1.25. The molecule has 0 saturated carbocycles. The van der Waals surface area contributed by atoms with Crippen LogP contribution < -0.4 is 4.74 Å². The van der Waals surface area contributed by atoms with Gasteiger partial charge >= 0.3 is 0 Å². The minimum Gasteiger partial charge on any atom is -0.497 e. The summed E-state index contributed by atoms with van der Waals surface area (Å²) in [6, 6.07) is 15.2. The van der Waals surface area contributed by atoms with Gasteiger partial charge in [0.25, 0.3) is 5.91 Å². The second-order valence-corrected chi connectivity index (χ2v) is 7.05. The van der Waals surface area contributed by atoms with Gasteiger partial charge in [-0.15, -0.1) is 0 Å². The number of likely N-dealkylation sites (tertiary alicyclic amines) is 1. The fraction of sp³-hybridized carbons (Fsp3) is 0.227. The molecule has 1 aliphatic heterocycles. The van der Waals surface area contributed by atoms with Crippen LogP contribution in [0.3, 0.4) is 0 Å². The number of furan rings is 1. The van der Waals surface area contributed by atoms with Crippen molar-refractivity contribution in [2.24, 2.45) is 0 Å². The quantitative estimate of drug-likeness (QED) is 0.532. The smallest absolute Gasteiger partial charge is 0.289 e. The maximum absolute atomic E-state index is 12.7. The molecular weight excluding hydrogens is 368 g/mol. The summed E-state index contributed by atoms with van der Waals surface area (Å²) in [4.78, 5) is 23.9. The Morgan fingerprint density at radius 1 is 1.17 bits per heavy atom. The highest BCUT2D eigenvalue weighted by Crippen LogP contribution is 2.33. The lowest BCUT2D eigenvalue weighted by Crippen LogP contribution is -2.28. The van der Waals surface area contributed by atoms with E-state index in [9.17, 15) is 4.79 Å². The molecule has 0 N–H and O–H groups in total. The average Bonchev–Trinajstić information content (AvgIpc) is 3.52. The van der Waals surface area contributed by atoms with E-state index < -0.39 is 0 Å². The Labute approximate surface area is 167 Å². The molecule has 1 saturated heterocycles. The molecule has 5 rings (SSSR count). The molecule has 7 nitrogen and oxygen atoms in total. The molecule has 0 unspecified atom stereocenters. The van der Waals surface area contributed by atoms with Crippen LogP contribution in [0.2, 0.25) is 0 Å². The molecule has 4 heterocycles. The molecule has 146 valence electrons. The van der Waals surface area contributed by atoms with E-state index in [0.717, 1.165) is 34.7 Å². The zero-order chi connectivity index (χ0) is 19.8. The van der Waals surface area contributed by atoms with Gasteiger partial charge in [-0.1, -0.05) is 0 Å². The number of nitrogens with zero attached hydrogens (tertiary/aromatic N) is 4. The topological polar surface area (TPSA) is 73.4 Å². The third-order valence-corrected chi connectivity index (χ3v) is 5.34. The van der Waals surface area contributed by atoms with Crippen LogP contribution in [0.1, 0.15) is 23.0 Å². The first-order valence-electron chi connectivity index (χ1n) is 9.55. The number of pyridine rings is 1. The van der Waals surface area contributed by atoms with Gasteiger partial charge in [0, 0.05) is 24.8 Å². The van der Waals surface area contributed by atoms with E-state index in [2.05, 4.69) is 9.55 Å². The first-order chi connectivity index (χ1) is 14.2. The Morgan fingerprint density at radius 2 is 2.03 bits per heavy atom. The Bertz CT molecular complexity index is 1150. The standard InChI is InChI=1S/C22H20N4O3/c1-28-17-8-6-15(7-9-17)20-24-18-4-2-11-23-21(18)26(20)16-10-12-25(14-16)22(27)19-5-3-13-29-19/h2-9,11,13,16H,10,12,14H2,1H3/t16-/m1/s1. The average molecular weight is 388 g/mol. The number of hydrogen-bond acceptors (Lipinski definition) is 5. The number of aromatic nitrogens is 3. The van der Waals surface area contributed by atoms with Crippen molar-refractivity contribution in [2.45, 2.75) is 12.5 Å². The first-order valence-corrected chi connectivity index (χ1v) is 9.55. The maximum atomic E-state index is 12.7. The van der Waals surface area contributed by atoms with Gasteiger partial charge in [0.2, 0.25) is 0 Å². The fourth-order valence-electron chi connectivity index (χ4n) is 3.91. The van der Waals surface area contributed by atoms with Gasteiger partial charge in [-0.25, -0.2) is 9.97 Å². The minimum absolute atomic E-state index is 0.0825. The van der Waals surface area contributed by atoms with Gasteiger partial charge in [-0.3, -0.25) is 4.79 Å². The van der Waals surface area contributed by atoms with Crippen LogP contribution >= 0.6 is 0 Å². The Kier molecular flexibility index (Phi) is 4.27. The number of methoxy groups -OCH3 is 1. The molecule has 4 aromatic rings. The van der Waals surface area contributed by atoms with E-state index >= 15 is 0 Å². The fourth-order valence-corrected chi connectivity index (χ4v) is 3.91. The number of rotatable bonds is 4. The predicted molar refractivity (Wildman–Crippen MR) is 108 cm³/mol. The van der Waals surface area contributed by atoms with Crippen molar-refractivity contribution in [3.05, 3.63) is 66.8 Å². The lowest BCUT2D eigenvalue weighted by molar-refractivity contribution is 0.0756. The number of carbonyl (C=O) groups is 1. The van der Waals surface area contributed by atoms with Crippen molar-refractivity contribution >= 4 is 17.1 Å². The molecule has 0 aliphatic carbocycles. The Hall–Kier alpha value is -3.61. The highest BCUT2D eigenvalue weighted by molar-refractivity contribution is 5.91. The first kappa shape index (κ1) is 17.5. The molecule has 3 aromatic heterocycles. The molecular formula is C22H20N4O3. The van der Waals surface area contributed by atoms with E-state index in [-0.39, 0.29) is 11.9 Å². The van der Waals surface area contributed by atoms with E-state index in [0.29, 0.717) is 18.8 Å². The molecule has 29 heavy (non-hydrogen) atoms. The number of ether oxygens (including phenoxy) is 1. The molecule has 1 fully saturated rings. The summed E-state index contributed by atoms with van der Waals surface area (Å²) < 4.78 is 12.7. The van der Waals surface area contributed by atoms with Crippen LogP contribution in [0, 0.1) is 0 Å². The maximum Gasteiger partial charge on any atom is 0.289 e. The van der Waals surface area contributed by atoms with Crippen molar-refractivity contribution in [3.63, 3.8) is 0 Å². The van der Waals surface area contributed by atoms with Crippen molar-refractivity contribution in [2.75, 3.05) is 20.2 Å². The van der Waals surface area contributed by atoms with Gasteiger partial charge in [0.1, 0.15) is 17.1 Å². The molecule has 1 aromatic carbocycles. The molecule has 0 spiro atoms. The number of hydrogen-bond donors (Lipinski definition) is 0. The van der Waals surface area contributed by atoms with Gasteiger partial charge in [0.15, 0.2) is 11.4 Å². The summed E-state index contributed by atoms with van der Waals surface area (Å²) in [5, 5.41) is 0. The van der Waals surface area contributed by atoms with Gasteiger partial charge < -0.3 is 18.6 Å². The Balaban J connectivity index is 1.53. The summed E-state index contributed by atoms with van der Waals surface area (Å²) in [6.07, 6.45) is 4.13. The zero-order valence-electron chi connectivity index (χ0n) is 16.0. The van der Waals surface area contributed by atoms with Crippen LogP contribution in [-0.2, 0) is 0 Å². The second kappa shape index (κ2) is 7.09. The largest absolute Gasteiger partial charge is 0.497 e. The van der Waals surface area contributed by atoms with Gasteiger partial charge in [-0.05, 0) is 55.0 Å². The summed E-state index contributed by atoms with van der Waals surface area (Å²) in [7, 11) is 1.65. The number of benzene rings is 1. The highest BCUT2D eigenvalue weighted by Gasteiger charge is 2.32. The number of imidazole rings is 1. The summed E-state index contributed by atoms with van der Waals surface area (Å²) in [5.74, 6) is 1.93. The predicted octanol–water partition coefficient (Wildman–Crippen LogP) is 3.79. The number of fused-ring (bicyclic) bond motifs is 1. The molecule has 1 atom stereocenters. The van der Waals surface area contributed by atoms with E-state index in [1.807, 2.05) is 41.3 Å². The van der Waals surface area contributed by atoms with Crippen LogP contribution in [-0.4, -0.2) is 45.5 Å². The minimum atomic E-state index is -0.0825. The SMILES string of the molecule is COc1ccc(-c2nc3cccnc3n2[C@@H]2CCN(C(=O)c3ccco3)C2)cc1. The molecule has 7 heteroatoms. The Morgan fingerprint density at radius 3 is 2.79 bits per heavy atom. The lowest BCUT2D eigenvalue weighted by Gasteiger charge is -2.18. The van der Waals surface area contributed by atoms with Crippen LogP contribution in [0.15, 0.2) is 65.4 Å². The third kappa shape index (κ3) is 3.04. The molecule has 1 amide bonds. The van der Waals surface area contributed by atoms with E-state index in [1.54, 1.807) is 25.4 Å². The van der Waals surface area contributed by atoms with Crippen molar-refractivity contribution < 1.29 is 13.9 Å². The number of amides is 1. The van der Waals surface area contributed by atoms with Crippen LogP contribution in [0.4, 0.5) is 0 Å². The van der Waals surface area contributed by atoms with Crippen LogP contribution in [0.25, 0.3) is 22.6 Å². The summed E-state index contributed by atoms with van der Waals surface area (Å²) in [5.41, 5.74) is 2.66. The van der Waals surface area contributed by atoms with Crippen molar-refractivity contribution in [3.8, 4) is 17.1 Å². The monoisotopic (exact) mass is 388 g/mol. The zero-order valence-corrected chi connectivity index (χ0v) is 16.0. The van der Waals surface area contributed by atoms with Gasteiger partial charge in [-0.2, -0.15) is 0 Å². The van der Waals surface area contributed by atoms with Crippen LogP contribution in [0.5, 0.6) is 5.75 Å². The second-order valence-electron chi connectivity index (χ2n) is 7.05. The van der Waals surface area contributed by atoms with E-state index in [4.69, 9.17) is 14.1 Å². The van der Waals surface area contributed by atoms with E-state index in [1.165, 1.54) is 6.26 Å². The molecule has 1 aliphatic rings. The highest BCUT2D eigenvalue weighted by atomic mass is 16.5. The molecule has 0 radical (unpaired) electrons.